The van der Waals surface area contributed by atoms with Crippen LogP contribution in [0.1, 0.15) is 42.0 Å². The summed E-state index contributed by atoms with van der Waals surface area (Å²) in [5.74, 6) is -0.159. The van der Waals surface area contributed by atoms with Crippen LogP contribution in [0.15, 0.2) is 48.5 Å². The maximum Gasteiger partial charge on any atom is 0.123 e. The molecule has 2 aromatic carbocycles. The van der Waals surface area contributed by atoms with E-state index >= 15 is 0 Å². The summed E-state index contributed by atoms with van der Waals surface area (Å²) in [5, 5.41) is 3.50. The molecule has 0 spiro atoms. The molecule has 0 aromatic heterocycles. The first-order chi connectivity index (χ1) is 10.2. The van der Waals surface area contributed by atoms with Crippen LogP contribution >= 0.6 is 0 Å². The second-order valence-electron chi connectivity index (χ2n) is 6.10. The topological polar surface area (TPSA) is 12.0 Å². The van der Waals surface area contributed by atoms with Crippen molar-refractivity contribution < 1.29 is 4.39 Å². The quantitative estimate of drug-likeness (QED) is 0.870. The van der Waals surface area contributed by atoms with E-state index in [9.17, 15) is 4.39 Å². The molecule has 1 saturated carbocycles. The molecule has 1 aliphatic carbocycles. The third-order valence-corrected chi connectivity index (χ3v) is 4.98. The second-order valence-corrected chi connectivity index (χ2v) is 6.10. The van der Waals surface area contributed by atoms with E-state index in [-0.39, 0.29) is 17.3 Å². The number of benzene rings is 2. The van der Waals surface area contributed by atoms with Crippen LogP contribution in [0, 0.1) is 12.7 Å². The van der Waals surface area contributed by atoms with Gasteiger partial charge in [-0.05, 0) is 55.6 Å². The van der Waals surface area contributed by atoms with Crippen LogP contribution in [0.25, 0.3) is 0 Å². The Morgan fingerprint density at radius 3 is 2.33 bits per heavy atom. The summed E-state index contributed by atoms with van der Waals surface area (Å²) >= 11 is 0. The monoisotopic (exact) mass is 283 g/mol. The molecule has 0 radical (unpaired) electrons. The Balaban J connectivity index is 2.05. The molecule has 2 aromatic rings. The van der Waals surface area contributed by atoms with E-state index in [0.29, 0.717) is 0 Å². The lowest BCUT2D eigenvalue weighted by molar-refractivity contribution is 0.175. The molecule has 0 aliphatic heterocycles. The van der Waals surface area contributed by atoms with Crippen LogP contribution in [-0.4, -0.2) is 7.05 Å². The number of halogens is 1. The second kappa shape index (κ2) is 5.61. The summed E-state index contributed by atoms with van der Waals surface area (Å²) < 4.78 is 13.4. The molecule has 1 fully saturated rings. The highest BCUT2D eigenvalue weighted by molar-refractivity contribution is 5.39. The molecule has 0 amide bonds. The fraction of sp³-hybridized carbons (Fsp3) is 0.368. The molecule has 1 nitrogen and oxygen atoms in total. The van der Waals surface area contributed by atoms with E-state index in [1.165, 1.54) is 30.4 Å². The van der Waals surface area contributed by atoms with Crippen molar-refractivity contribution in [1.82, 2.24) is 5.32 Å². The third-order valence-electron chi connectivity index (χ3n) is 4.98. The minimum absolute atomic E-state index is 0.137. The fourth-order valence-corrected chi connectivity index (χ4v) is 3.76. The molecule has 2 heteroatoms. The van der Waals surface area contributed by atoms with Crippen molar-refractivity contribution in [3.63, 3.8) is 0 Å². The number of hydrogen-bond acceptors (Lipinski definition) is 1. The minimum atomic E-state index is -0.159. The Kier molecular flexibility index (Phi) is 3.81. The van der Waals surface area contributed by atoms with Crippen LogP contribution in [0.5, 0.6) is 0 Å². The van der Waals surface area contributed by atoms with Gasteiger partial charge in [0.25, 0.3) is 0 Å². The predicted octanol–water partition coefficient (Wildman–Crippen LogP) is 4.52. The smallest absolute Gasteiger partial charge is 0.123 e. The van der Waals surface area contributed by atoms with E-state index in [2.05, 4.69) is 35.6 Å². The highest BCUT2D eigenvalue weighted by atomic mass is 19.1. The van der Waals surface area contributed by atoms with Gasteiger partial charge in [-0.2, -0.15) is 0 Å². The molecule has 1 aliphatic rings. The maximum absolute atomic E-state index is 13.4. The number of aryl methyl sites for hydroxylation is 1. The Labute approximate surface area is 126 Å². The van der Waals surface area contributed by atoms with Gasteiger partial charge in [0.05, 0.1) is 0 Å². The van der Waals surface area contributed by atoms with E-state index in [0.717, 1.165) is 5.56 Å². The average Bonchev–Trinajstić information content (AvgIpc) is 2.44. The summed E-state index contributed by atoms with van der Waals surface area (Å²) in [5.41, 5.74) is 3.76. The molecular weight excluding hydrogens is 261 g/mol. The van der Waals surface area contributed by atoms with E-state index in [1.54, 1.807) is 12.1 Å². The van der Waals surface area contributed by atoms with Crippen molar-refractivity contribution in [2.24, 2.45) is 0 Å². The van der Waals surface area contributed by atoms with Gasteiger partial charge in [0.15, 0.2) is 0 Å². The first-order valence-corrected chi connectivity index (χ1v) is 7.66. The van der Waals surface area contributed by atoms with Crippen molar-refractivity contribution in [1.29, 1.82) is 0 Å². The number of hydrogen-bond donors (Lipinski definition) is 1. The molecular formula is C19H22FN. The lowest BCUT2D eigenvalue weighted by Crippen LogP contribution is -2.46. The van der Waals surface area contributed by atoms with Gasteiger partial charge in [-0.25, -0.2) is 4.39 Å². The number of rotatable bonds is 4. The lowest BCUT2D eigenvalue weighted by Gasteiger charge is -2.49. The zero-order chi connectivity index (χ0) is 14.9. The van der Waals surface area contributed by atoms with Gasteiger partial charge in [-0.15, -0.1) is 0 Å². The van der Waals surface area contributed by atoms with Gasteiger partial charge < -0.3 is 5.32 Å². The van der Waals surface area contributed by atoms with Gasteiger partial charge in [0.2, 0.25) is 0 Å². The first-order valence-electron chi connectivity index (χ1n) is 7.66. The summed E-state index contributed by atoms with van der Waals surface area (Å²) in [4.78, 5) is 0. The van der Waals surface area contributed by atoms with Gasteiger partial charge >= 0.3 is 0 Å². The van der Waals surface area contributed by atoms with E-state index < -0.39 is 0 Å². The zero-order valence-corrected chi connectivity index (χ0v) is 12.7. The highest BCUT2D eigenvalue weighted by Gasteiger charge is 2.45. The van der Waals surface area contributed by atoms with Gasteiger partial charge in [-0.3, -0.25) is 0 Å². The Morgan fingerprint density at radius 1 is 1.10 bits per heavy atom. The van der Waals surface area contributed by atoms with E-state index in [1.807, 2.05) is 20.0 Å². The summed E-state index contributed by atoms with van der Waals surface area (Å²) in [6.45, 7) is 2.00. The predicted molar refractivity (Wildman–Crippen MR) is 84.9 cm³/mol. The molecule has 0 heterocycles. The standard InChI is InChI=1S/C19H22FN/c1-14-13-16(20)9-10-17(14)18(21-2)19(11-6-12-19)15-7-4-3-5-8-15/h3-5,7-10,13,18,21H,6,11-12H2,1-2H3. The summed E-state index contributed by atoms with van der Waals surface area (Å²) in [7, 11) is 2.01. The third kappa shape index (κ3) is 2.38. The van der Waals surface area contributed by atoms with Crippen molar-refractivity contribution in [3.8, 4) is 0 Å². The number of likely N-dealkylation sites (N-methyl/N-ethyl adjacent to an activating group) is 1. The molecule has 0 saturated heterocycles. The SMILES string of the molecule is CNC(c1ccc(F)cc1C)C1(c2ccccc2)CCC1. The molecule has 1 atom stereocenters. The molecule has 3 rings (SSSR count). The van der Waals surface area contributed by atoms with Gasteiger partial charge in [0, 0.05) is 11.5 Å². The minimum Gasteiger partial charge on any atom is -0.312 e. The van der Waals surface area contributed by atoms with Crippen LogP contribution in [0.3, 0.4) is 0 Å². The number of nitrogens with one attached hydrogen (secondary N) is 1. The van der Waals surface area contributed by atoms with Crippen molar-refractivity contribution >= 4 is 0 Å². The first kappa shape index (κ1) is 14.3. The molecule has 1 unspecified atom stereocenters. The largest absolute Gasteiger partial charge is 0.312 e. The van der Waals surface area contributed by atoms with Crippen LogP contribution in [0.4, 0.5) is 4.39 Å². The lowest BCUT2D eigenvalue weighted by atomic mass is 9.58. The van der Waals surface area contributed by atoms with Gasteiger partial charge in [-0.1, -0.05) is 42.8 Å². The highest BCUT2D eigenvalue weighted by Crippen LogP contribution is 2.52. The van der Waals surface area contributed by atoms with Crippen LogP contribution < -0.4 is 5.32 Å². The molecule has 21 heavy (non-hydrogen) atoms. The Hall–Kier alpha value is -1.67. The maximum atomic E-state index is 13.4. The normalized spacial score (nSPS) is 18.0. The average molecular weight is 283 g/mol. The molecule has 1 N–H and O–H groups in total. The fourth-order valence-electron chi connectivity index (χ4n) is 3.76. The van der Waals surface area contributed by atoms with Crippen molar-refractivity contribution in [3.05, 3.63) is 71.0 Å². The van der Waals surface area contributed by atoms with Crippen LogP contribution in [-0.2, 0) is 5.41 Å². The van der Waals surface area contributed by atoms with Crippen molar-refractivity contribution in [2.45, 2.75) is 37.6 Å². The summed E-state index contributed by atoms with van der Waals surface area (Å²) in [6.07, 6.45) is 3.62. The Bertz CT molecular complexity index is 617. The van der Waals surface area contributed by atoms with E-state index in [4.69, 9.17) is 0 Å². The molecule has 110 valence electrons. The van der Waals surface area contributed by atoms with Crippen molar-refractivity contribution in [2.75, 3.05) is 7.05 Å². The Morgan fingerprint density at radius 2 is 1.81 bits per heavy atom. The van der Waals surface area contributed by atoms with Gasteiger partial charge in [0.1, 0.15) is 5.82 Å². The molecule has 0 bridgehead atoms. The summed E-state index contributed by atoms with van der Waals surface area (Å²) in [6, 6.07) is 16.1. The van der Waals surface area contributed by atoms with Crippen LogP contribution in [0.2, 0.25) is 0 Å². The zero-order valence-electron chi connectivity index (χ0n) is 12.7.